The lowest BCUT2D eigenvalue weighted by Gasteiger charge is -2.15. The van der Waals surface area contributed by atoms with Crippen LogP contribution < -0.4 is 5.32 Å². The Morgan fingerprint density at radius 2 is 1.86 bits per heavy atom. The topological polar surface area (TPSA) is 12.0 Å². The van der Waals surface area contributed by atoms with Gasteiger partial charge >= 0.3 is 6.18 Å². The van der Waals surface area contributed by atoms with Gasteiger partial charge in [-0.25, -0.2) is 0 Å². The second-order valence-electron chi connectivity index (χ2n) is 2.84. The third-order valence-electron chi connectivity index (χ3n) is 1.97. The lowest BCUT2D eigenvalue weighted by molar-refractivity contribution is -0.138. The van der Waals surface area contributed by atoms with Gasteiger partial charge in [-0.15, -0.1) is 0 Å². The van der Waals surface area contributed by atoms with Gasteiger partial charge in [-0.3, -0.25) is 0 Å². The highest BCUT2D eigenvalue weighted by atomic mass is 79.9. The molecular weight excluding hydrogens is 259 g/mol. The Hall–Kier alpha value is -0.710. The van der Waals surface area contributed by atoms with Gasteiger partial charge in [-0.05, 0) is 24.6 Å². The first-order valence-electron chi connectivity index (χ1n) is 3.92. The summed E-state index contributed by atoms with van der Waals surface area (Å²) < 4.78 is 37.8. The van der Waals surface area contributed by atoms with Crippen molar-refractivity contribution >= 4 is 21.6 Å². The number of nitrogens with one attached hydrogen (secondary N) is 1. The molecule has 1 aromatic rings. The highest BCUT2D eigenvalue weighted by Gasteiger charge is 2.35. The van der Waals surface area contributed by atoms with E-state index in [1.807, 2.05) is 0 Å². The number of benzene rings is 1. The average molecular weight is 268 g/mol. The second kappa shape index (κ2) is 3.81. The van der Waals surface area contributed by atoms with E-state index in [4.69, 9.17) is 0 Å². The van der Waals surface area contributed by atoms with Crippen molar-refractivity contribution in [1.82, 2.24) is 0 Å². The van der Waals surface area contributed by atoms with Crippen LogP contribution in [0.5, 0.6) is 0 Å². The normalized spacial score (nSPS) is 11.6. The zero-order chi connectivity index (χ0) is 10.9. The van der Waals surface area contributed by atoms with Gasteiger partial charge in [0.05, 0.1) is 5.56 Å². The fraction of sp³-hybridized carbons (Fsp3) is 0.333. The predicted molar refractivity (Wildman–Crippen MR) is 53.4 cm³/mol. The van der Waals surface area contributed by atoms with E-state index in [1.165, 1.54) is 13.0 Å². The van der Waals surface area contributed by atoms with Crippen LogP contribution in [0.4, 0.5) is 18.9 Å². The van der Waals surface area contributed by atoms with E-state index < -0.39 is 11.7 Å². The van der Waals surface area contributed by atoms with Gasteiger partial charge in [-0.2, -0.15) is 13.2 Å². The molecule has 1 rings (SSSR count). The Kier molecular flexibility index (Phi) is 3.09. The standard InChI is InChI=1S/C9H9BrF3N/c1-5-7(14-2)4-3-6(10)8(5)9(11,12)13/h3-4,14H,1-2H3. The molecule has 0 spiro atoms. The van der Waals surface area contributed by atoms with Crippen molar-refractivity contribution in [3.8, 4) is 0 Å². The Morgan fingerprint density at radius 3 is 2.29 bits per heavy atom. The first-order valence-corrected chi connectivity index (χ1v) is 4.71. The van der Waals surface area contributed by atoms with Crippen LogP contribution in [0.25, 0.3) is 0 Å². The molecule has 0 aliphatic rings. The third kappa shape index (κ3) is 2.03. The molecule has 0 aliphatic heterocycles. The van der Waals surface area contributed by atoms with Crippen LogP contribution in [0, 0.1) is 6.92 Å². The molecule has 0 bridgehead atoms. The molecule has 0 saturated carbocycles. The summed E-state index contributed by atoms with van der Waals surface area (Å²) in [6, 6.07) is 3.00. The molecule has 14 heavy (non-hydrogen) atoms. The number of hydrogen-bond donors (Lipinski definition) is 1. The zero-order valence-corrected chi connectivity index (χ0v) is 9.25. The lowest BCUT2D eigenvalue weighted by atomic mass is 10.1. The molecular formula is C9H9BrF3N. The minimum atomic E-state index is -4.32. The number of halogens is 4. The van der Waals surface area contributed by atoms with E-state index in [0.717, 1.165) is 0 Å². The molecule has 0 amide bonds. The molecule has 78 valence electrons. The minimum Gasteiger partial charge on any atom is -0.388 e. The van der Waals surface area contributed by atoms with Crippen molar-refractivity contribution < 1.29 is 13.2 Å². The van der Waals surface area contributed by atoms with E-state index in [0.29, 0.717) is 5.69 Å². The first kappa shape index (κ1) is 11.4. The summed E-state index contributed by atoms with van der Waals surface area (Å²) in [6.07, 6.45) is -4.32. The van der Waals surface area contributed by atoms with E-state index in [9.17, 15) is 13.2 Å². The molecule has 0 fully saturated rings. The molecule has 0 aliphatic carbocycles. The number of alkyl halides is 3. The van der Waals surface area contributed by atoms with Gasteiger partial charge in [0.25, 0.3) is 0 Å². The van der Waals surface area contributed by atoms with Crippen LogP contribution >= 0.6 is 15.9 Å². The van der Waals surface area contributed by atoms with E-state index >= 15 is 0 Å². The number of anilines is 1. The summed E-state index contributed by atoms with van der Waals surface area (Å²) in [6.45, 7) is 1.44. The molecule has 1 N–H and O–H groups in total. The van der Waals surface area contributed by atoms with E-state index in [-0.39, 0.29) is 10.0 Å². The Bertz CT molecular complexity index is 347. The summed E-state index contributed by atoms with van der Waals surface area (Å²) >= 11 is 2.90. The van der Waals surface area contributed by atoms with Crippen molar-refractivity contribution in [3.05, 3.63) is 27.7 Å². The molecule has 0 unspecified atom stereocenters. The first-order chi connectivity index (χ1) is 6.38. The van der Waals surface area contributed by atoms with Crippen LogP contribution in [0.1, 0.15) is 11.1 Å². The Balaban J connectivity index is 3.40. The fourth-order valence-corrected chi connectivity index (χ4v) is 1.95. The zero-order valence-electron chi connectivity index (χ0n) is 7.67. The highest BCUT2D eigenvalue weighted by molar-refractivity contribution is 9.10. The minimum absolute atomic E-state index is 0.0708. The van der Waals surface area contributed by atoms with E-state index in [1.54, 1.807) is 13.1 Å². The summed E-state index contributed by atoms with van der Waals surface area (Å²) in [5.74, 6) is 0. The van der Waals surface area contributed by atoms with Gasteiger partial charge in [0.15, 0.2) is 0 Å². The smallest absolute Gasteiger partial charge is 0.388 e. The van der Waals surface area contributed by atoms with Crippen molar-refractivity contribution in [3.63, 3.8) is 0 Å². The van der Waals surface area contributed by atoms with Gasteiger partial charge < -0.3 is 5.32 Å². The molecule has 0 radical (unpaired) electrons. The van der Waals surface area contributed by atoms with Crippen molar-refractivity contribution in [1.29, 1.82) is 0 Å². The van der Waals surface area contributed by atoms with Gasteiger partial charge in [0, 0.05) is 17.2 Å². The highest BCUT2D eigenvalue weighted by Crippen LogP contribution is 2.39. The average Bonchev–Trinajstić information content (AvgIpc) is 2.02. The number of hydrogen-bond acceptors (Lipinski definition) is 1. The molecule has 1 nitrogen and oxygen atoms in total. The van der Waals surface area contributed by atoms with E-state index in [2.05, 4.69) is 21.2 Å². The van der Waals surface area contributed by atoms with Gasteiger partial charge in [0.2, 0.25) is 0 Å². The van der Waals surface area contributed by atoms with Crippen molar-refractivity contribution in [2.45, 2.75) is 13.1 Å². The van der Waals surface area contributed by atoms with Crippen LogP contribution in [0.2, 0.25) is 0 Å². The Morgan fingerprint density at radius 1 is 1.29 bits per heavy atom. The maximum absolute atomic E-state index is 12.6. The predicted octanol–water partition coefficient (Wildman–Crippen LogP) is 3.82. The molecule has 0 atom stereocenters. The Labute approximate surface area is 88.4 Å². The molecule has 0 aromatic heterocycles. The van der Waals surface area contributed by atoms with Crippen LogP contribution in [-0.2, 0) is 6.18 Å². The third-order valence-corrected chi connectivity index (χ3v) is 2.63. The van der Waals surface area contributed by atoms with Gasteiger partial charge in [-0.1, -0.05) is 15.9 Å². The second-order valence-corrected chi connectivity index (χ2v) is 3.70. The summed E-state index contributed by atoms with van der Waals surface area (Å²) in [7, 11) is 1.59. The lowest BCUT2D eigenvalue weighted by Crippen LogP contribution is -2.10. The maximum Gasteiger partial charge on any atom is 0.417 e. The largest absolute Gasteiger partial charge is 0.417 e. The number of rotatable bonds is 1. The van der Waals surface area contributed by atoms with Crippen LogP contribution in [0.3, 0.4) is 0 Å². The van der Waals surface area contributed by atoms with Gasteiger partial charge in [0.1, 0.15) is 0 Å². The molecule has 0 heterocycles. The fourth-order valence-electron chi connectivity index (χ4n) is 1.30. The molecule has 1 aromatic carbocycles. The van der Waals surface area contributed by atoms with Crippen molar-refractivity contribution in [2.75, 3.05) is 12.4 Å². The molecule has 5 heteroatoms. The monoisotopic (exact) mass is 267 g/mol. The SMILES string of the molecule is CNc1ccc(Br)c(C(F)(F)F)c1C. The quantitative estimate of drug-likeness (QED) is 0.816. The van der Waals surface area contributed by atoms with Crippen LogP contribution in [0.15, 0.2) is 16.6 Å². The maximum atomic E-state index is 12.6. The summed E-state index contributed by atoms with van der Waals surface area (Å²) in [5, 5.41) is 2.71. The summed E-state index contributed by atoms with van der Waals surface area (Å²) in [4.78, 5) is 0. The molecule has 0 saturated heterocycles. The van der Waals surface area contributed by atoms with Crippen LogP contribution in [-0.4, -0.2) is 7.05 Å². The summed E-state index contributed by atoms with van der Waals surface area (Å²) in [5.41, 5.74) is 0.0688. The van der Waals surface area contributed by atoms with Crippen molar-refractivity contribution in [2.24, 2.45) is 0 Å².